The van der Waals surface area contributed by atoms with Crippen molar-refractivity contribution in [2.75, 3.05) is 6.61 Å². The number of nitriles is 1. The molecule has 0 radical (unpaired) electrons. The zero-order chi connectivity index (χ0) is 10.4. The third-order valence-corrected chi connectivity index (χ3v) is 1.75. The molecule has 3 heteroatoms. The second-order valence-corrected chi connectivity index (χ2v) is 2.77. The number of halogens is 1. The Morgan fingerprint density at radius 3 is 2.93 bits per heavy atom. The van der Waals surface area contributed by atoms with Crippen LogP contribution in [0.1, 0.15) is 11.1 Å². The van der Waals surface area contributed by atoms with Gasteiger partial charge in [-0.25, -0.2) is 4.39 Å². The van der Waals surface area contributed by atoms with E-state index in [1.165, 1.54) is 6.07 Å². The summed E-state index contributed by atoms with van der Waals surface area (Å²) in [7, 11) is 0. The molecule has 0 unspecified atom stereocenters. The molecule has 0 fully saturated rings. The van der Waals surface area contributed by atoms with Gasteiger partial charge in [-0.2, -0.15) is 5.26 Å². The van der Waals surface area contributed by atoms with E-state index in [1.54, 1.807) is 24.3 Å². The number of aliphatic hydroxyl groups is 1. The average molecular weight is 191 g/mol. The molecule has 1 rings (SSSR count). The number of nitrogens with zero attached hydrogens (tertiary/aromatic N) is 1. The Labute approximate surface area is 81.9 Å². The number of rotatable bonds is 3. The summed E-state index contributed by atoms with van der Waals surface area (Å²) >= 11 is 0. The van der Waals surface area contributed by atoms with Crippen LogP contribution in [0.4, 0.5) is 4.39 Å². The van der Waals surface area contributed by atoms with E-state index in [1.807, 2.05) is 6.07 Å². The zero-order valence-corrected chi connectivity index (χ0v) is 7.57. The van der Waals surface area contributed by atoms with E-state index in [4.69, 9.17) is 10.4 Å². The molecule has 14 heavy (non-hydrogen) atoms. The molecule has 1 N–H and O–H groups in total. The highest BCUT2D eigenvalue weighted by molar-refractivity contribution is 5.50. The van der Waals surface area contributed by atoms with Crippen LogP contribution in [0.25, 0.3) is 6.08 Å². The molecular weight excluding hydrogens is 181 g/mol. The van der Waals surface area contributed by atoms with Crippen molar-refractivity contribution in [2.45, 2.75) is 6.42 Å². The van der Waals surface area contributed by atoms with Crippen LogP contribution in [0.2, 0.25) is 0 Å². The predicted molar refractivity (Wildman–Crippen MR) is 51.8 cm³/mol. The van der Waals surface area contributed by atoms with Crippen LogP contribution in [0.5, 0.6) is 0 Å². The van der Waals surface area contributed by atoms with E-state index in [0.29, 0.717) is 5.56 Å². The highest BCUT2D eigenvalue weighted by Gasteiger charge is 2.01. The minimum absolute atomic E-state index is 0.0506. The lowest BCUT2D eigenvalue weighted by molar-refractivity contribution is 0.343. The maximum atomic E-state index is 13.1. The standard InChI is InChI=1S/C11H10FNO/c12-11-4-3-9(2-1-7-14)8-10(11)5-6-13/h1-4,8,14H,5,7H2. The Balaban J connectivity index is 2.95. The molecule has 0 bridgehead atoms. The van der Waals surface area contributed by atoms with E-state index in [2.05, 4.69) is 0 Å². The van der Waals surface area contributed by atoms with Crippen LogP contribution >= 0.6 is 0 Å². The van der Waals surface area contributed by atoms with Crippen molar-refractivity contribution in [3.8, 4) is 6.07 Å². The van der Waals surface area contributed by atoms with Gasteiger partial charge < -0.3 is 5.11 Å². The van der Waals surface area contributed by atoms with Gasteiger partial charge in [0.25, 0.3) is 0 Å². The van der Waals surface area contributed by atoms with Crippen molar-refractivity contribution in [2.24, 2.45) is 0 Å². The fourth-order valence-electron chi connectivity index (χ4n) is 1.11. The smallest absolute Gasteiger partial charge is 0.127 e. The first kappa shape index (κ1) is 10.4. The van der Waals surface area contributed by atoms with Crippen LogP contribution in [0.3, 0.4) is 0 Å². The minimum Gasteiger partial charge on any atom is -0.392 e. The third kappa shape index (κ3) is 2.68. The molecule has 0 atom stereocenters. The van der Waals surface area contributed by atoms with Crippen molar-refractivity contribution in [1.82, 2.24) is 0 Å². The molecule has 0 spiro atoms. The molecule has 0 saturated carbocycles. The van der Waals surface area contributed by atoms with E-state index in [9.17, 15) is 4.39 Å². The number of aliphatic hydroxyl groups excluding tert-OH is 1. The van der Waals surface area contributed by atoms with Gasteiger partial charge in [0.15, 0.2) is 0 Å². The maximum Gasteiger partial charge on any atom is 0.127 e. The fourth-order valence-corrected chi connectivity index (χ4v) is 1.11. The van der Waals surface area contributed by atoms with Gasteiger partial charge in [-0.05, 0) is 17.7 Å². The van der Waals surface area contributed by atoms with Gasteiger partial charge in [-0.3, -0.25) is 0 Å². The van der Waals surface area contributed by atoms with E-state index >= 15 is 0 Å². The van der Waals surface area contributed by atoms with Gasteiger partial charge in [0.05, 0.1) is 19.1 Å². The molecule has 0 aliphatic rings. The number of hydrogen-bond donors (Lipinski definition) is 1. The molecule has 0 amide bonds. The number of benzene rings is 1. The van der Waals surface area contributed by atoms with Gasteiger partial charge in [-0.15, -0.1) is 0 Å². The fraction of sp³-hybridized carbons (Fsp3) is 0.182. The van der Waals surface area contributed by atoms with E-state index < -0.39 is 0 Å². The predicted octanol–water partition coefficient (Wildman–Crippen LogP) is 1.90. The second kappa shape index (κ2) is 5.15. The molecule has 0 aromatic heterocycles. The summed E-state index contributed by atoms with van der Waals surface area (Å²) in [5.74, 6) is -0.368. The molecule has 0 aliphatic heterocycles. The van der Waals surface area contributed by atoms with Crippen LogP contribution in [0.15, 0.2) is 24.3 Å². The lowest BCUT2D eigenvalue weighted by Gasteiger charge is -1.99. The molecule has 2 nitrogen and oxygen atoms in total. The third-order valence-electron chi connectivity index (χ3n) is 1.75. The Bertz CT molecular complexity index is 379. The van der Waals surface area contributed by atoms with Crippen molar-refractivity contribution in [3.63, 3.8) is 0 Å². The molecule has 1 aromatic carbocycles. The van der Waals surface area contributed by atoms with Crippen LogP contribution < -0.4 is 0 Å². The summed E-state index contributed by atoms with van der Waals surface area (Å²) in [5.41, 5.74) is 1.17. The molecule has 0 aliphatic carbocycles. The summed E-state index contributed by atoms with van der Waals surface area (Å²) < 4.78 is 13.1. The van der Waals surface area contributed by atoms with E-state index in [-0.39, 0.29) is 18.8 Å². The highest BCUT2D eigenvalue weighted by atomic mass is 19.1. The first-order valence-corrected chi connectivity index (χ1v) is 4.20. The Hall–Kier alpha value is -1.66. The summed E-state index contributed by atoms with van der Waals surface area (Å²) in [4.78, 5) is 0. The quantitative estimate of drug-likeness (QED) is 0.792. The summed E-state index contributed by atoms with van der Waals surface area (Å²) in [6.45, 7) is -0.0506. The number of hydrogen-bond acceptors (Lipinski definition) is 2. The van der Waals surface area contributed by atoms with Crippen LogP contribution in [-0.2, 0) is 6.42 Å². The largest absolute Gasteiger partial charge is 0.392 e. The Morgan fingerprint density at radius 1 is 1.50 bits per heavy atom. The van der Waals surface area contributed by atoms with Crippen molar-refractivity contribution in [1.29, 1.82) is 5.26 Å². The molecule has 1 aromatic rings. The molecule has 0 saturated heterocycles. The average Bonchev–Trinajstić information content (AvgIpc) is 2.19. The monoisotopic (exact) mass is 191 g/mol. The highest BCUT2D eigenvalue weighted by Crippen LogP contribution is 2.12. The Morgan fingerprint density at radius 2 is 2.29 bits per heavy atom. The topological polar surface area (TPSA) is 44.0 Å². The molecule has 72 valence electrons. The summed E-state index contributed by atoms with van der Waals surface area (Å²) in [5, 5.41) is 17.0. The zero-order valence-electron chi connectivity index (χ0n) is 7.57. The van der Waals surface area contributed by atoms with E-state index in [0.717, 1.165) is 5.56 Å². The minimum atomic E-state index is -0.368. The second-order valence-electron chi connectivity index (χ2n) is 2.77. The maximum absolute atomic E-state index is 13.1. The molecular formula is C11H10FNO. The van der Waals surface area contributed by atoms with Crippen LogP contribution in [0, 0.1) is 17.1 Å². The van der Waals surface area contributed by atoms with Gasteiger partial charge in [0, 0.05) is 5.56 Å². The van der Waals surface area contributed by atoms with Gasteiger partial charge in [-0.1, -0.05) is 18.2 Å². The lowest BCUT2D eigenvalue weighted by Crippen LogP contribution is -1.89. The van der Waals surface area contributed by atoms with Crippen molar-refractivity contribution >= 4 is 6.08 Å². The van der Waals surface area contributed by atoms with Gasteiger partial charge in [0.2, 0.25) is 0 Å². The Kier molecular flexibility index (Phi) is 3.84. The SMILES string of the molecule is N#CCc1cc(C=CCO)ccc1F. The van der Waals surface area contributed by atoms with Crippen molar-refractivity contribution in [3.05, 3.63) is 41.2 Å². The van der Waals surface area contributed by atoms with Crippen LogP contribution in [-0.4, -0.2) is 11.7 Å². The van der Waals surface area contributed by atoms with Gasteiger partial charge >= 0.3 is 0 Å². The first-order valence-electron chi connectivity index (χ1n) is 4.20. The lowest BCUT2D eigenvalue weighted by atomic mass is 10.1. The summed E-state index contributed by atoms with van der Waals surface area (Å²) in [6, 6.07) is 6.42. The normalized spacial score (nSPS) is 10.4. The van der Waals surface area contributed by atoms with Crippen molar-refractivity contribution < 1.29 is 9.50 Å². The van der Waals surface area contributed by atoms with Gasteiger partial charge in [0.1, 0.15) is 5.82 Å². The first-order chi connectivity index (χ1) is 6.77. The molecule has 0 heterocycles. The summed E-state index contributed by atoms with van der Waals surface area (Å²) in [6.07, 6.45) is 3.30.